The fourth-order valence-electron chi connectivity index (χ4n) is 1.99. The number of para-hydroxylation sites is 1. The second-order valence-electron chi connectivity index (χ2n) is 5.52. The molecule has 1 rings (SSSR count). The van der Waals surface area contributed by atoms with Gasteiger partial charge in [-0.3, -0.25) is 4.79 Å². The van der Waals surface area contributed by atoms with Crippen LogP contribution in [0.1, 0.15) is 19.8 Å². The molecule has 8 nitrogen and oxygen atoms in total. The van der Waals surface area contributed by atoms with Crippen LogP contribution in [-0.4, -0.2) is 56.3 Å². The van der Waals surface area contributed by atoms with E-state index in [9.17, 15) is 18.0 Å². The van der Waals surface area contributed by atoms with Crippen LogP contribution in [0.2, 0.25) is 0 Å². The number of carbonyl (C=O) groups is 2. The standard InChI is InChI=1S/C16H26N4O4S2/c1-3-26(23,24)20(2)11-6-10-18-16(22)19-13-7-4-5-8-14(13)25-12-9-15(17)21/h4-5,7-8H,3,6,9-12H2,1-2H3,(H2,17,21)(H2,18,19,22). The van der Waals surface area contributed by atoms with Crippen molar-refractivity contribution in [3.8, 4) is 0 Å². The van der Waals surface area contributed by atoms with E-state index in [0.717, 1.165) is 4.90 Å². The summed E-state index contributed by atoms with van der Waals surface area (Å²) in [7, 11) is -1.67. The van der Waals surface area contributed by atoms with Crippen molar-refractivity contribution in [3.63, 3.8) is 0 Å². The summed E-state index contributed by atoms with van der Waals surface area (Å²) in [6, 6.07) is 6.91. The SMILES string of the molecule is CCS(=O)(=O)N(C)CCCNC(=O)Nc1ccccc1SCCC(N)=O. The molecule has 26 heavy (non-hydrogen) atoms. The molecule has 0 saturated heterocycles. The quantitative estimate of drug-likeness (QED) is 0.382. The van der Waals surface area contributed by atoms with E-state index in [4.69, 9.17) is 5.73 Å². The molecule has 0 radical (unpaired) electrons. The van der Waals surface area contributed by atoms with Crippen LogP contribution in [0.5, 0.6) is 0 Å². The maximum atomic E-state index is 12.0. The van der Waals surface area contributed by atoms with Gasteiger partial charge in [0.1, 0.15) is 0 Å². The second kappa shape index (κ2) is 11.0. The minimum absolute atomic E-state index is 0.0572. The van der Waals surface area contributed by atoms with Crippen LogP contribution in [0.25, 0.3) is 0 Å². The monoisotopic (exact) mass is 402 g/mol. The van der Waals surface area contributed by atoms with Gasteiger partial charge in [0.15, 0.2) is 0 Å². The number of rotatable bonds is 11. The molecule has 0 aromatic heterocycles. The van der Waals surface area contributed by atoms with Gasteiger partial charge in [-0.05, 0) is 25.5 Å². The molecule has 0 unspecified atom stereocenters. The number of amides is 3. The molecule has 4 N–H and O–H groups in total. The smallest absolute Gasteiger partial charge is 0.319 e. The molecule has 0 fully saturated rings. The number of hydrogen-bond acceptors (Lipinski definition) is 5. The molecule has 0 heterocycles. The Morgan fingerprint density at radius 1 is 1.27 bits per heavy atom. The predicted molar refractivity (Wildman–Crippen MR) is 105 cm³/mol. The summed E-state index contributed by atoms with van der Waals surface area (Å²) in [6.07, 6.45) is 0.775. The molecule has 1 aromatic carbocycles. The number of anilines is 1. The van der Waals surface area contributed by atoms with Gasteiger partial charge >= 0.3 is 6.03 Å². The topological polar surface area (TPSA) is 122 Å². The Labute approximate surface area is 158 Å². The van der Waals surface area contributed by atoms with Crippen LogP contribution >= 0.6 is 11.8 Å². The number of nitrogens with one attached hydrogen (secondary N) is 2. The highest BCUT2D eigenvalue weighted by Crippen LogP contribution is 2.27. The molecule has 0 saturated carbocycles. The Bertz CT molecular complexity index is 710. The number of benzene rings is 1. The molecule has 0 aliphatic heterocycles. The number of urea groups is 1. The maximum Gasteiger partial charge on any atom is 0.319 e. The number of thioether (sulfide) groups is 1. The van der Waals surface area contributed by atoms with Gasteiger partial charge in [0.2, 0.25) is 15.9 Å². The largest absolute Gasteiger partial charge is 0.370 e. The van der Waals surface area contributed by atoms with Crippen molar-refractivity contribution in [1.29, 1.82) is 0 Å². The number of sulfonamides is 1. The normalized spacial score (nSPS) is 11.3. The lowest BCUT2D eigenvalue weighted by molar-refractivity contribution is -0.117. The second-order valence-corrected chi connectivity index (χ2v) is 9.02. The van der Waals surface area contributed by atoms with Crippen LogP contribution in [0.3, 0.4) is 0 Å². The van der Waals surface area contributed by atoms with Gasteiger partial charge in [0, 0.05) is 37.2 Å². The van der Waals surface area contributed by atoms with Gasteiger partial charge in [0.25, 0.3) is 0 Å². The molecule has 0 spiro atoms. The molecular weight excluding hydrogens is 376 g/mol. The predicted octanol–water partition coefficient (Wildman–Crippen LogP) is 1.45. The van der Waals surface area contributed by atoms with Crippen LogP contribution in [0.4, 0.5) is 10.5 Å². The summed E-state index contributed by atoms with van der Waals surface area (Å²) in [5, 5.41) is 5.46. The van der Waals surface area contributed by atoms with E-state index in [1.165, 1.54) is 23.1 Å². The Morgan fingerprint density at radius 2 is 1.96 bits per heavy atom. The first-order chi connectivity index (χ1) is 12.3. The average molecular weight is 403 g/mol. The molecular formula is C16H26N4O4S2. The summed E-state index contributed by atoms with van der Waals surface area (Å²) in [5.74, 6) is 0.228. The highest BCUT2D eigenvalue weighted by Gasteiger charge is 2.14. The van der Waals surface area contributed by atoms with Crippen molar-refractivity contribution in [1.82, 2.24) is 9.62 Å². The minimum atomic E-state index is -3.20. The molecule has 1 aromatic rings. The van der Waals surface area contributed by atoms with Crippen LogP contribution in [0.15, 0.2) is 29.2 Å². The van der Waals surface area contributed by atoms with Crippen LogP contribution in [0, 0.1) is 0 Å². The van der Waals surface area contributed by atoms with Crippen LogP contribution < -0.4 is 16.4 Å². The van der Waals surface area contributed by atoms with Crippen molar-refractivity contribution >= 4 is 39.4 Å². The number of nitrogens with two attached hydrogens (primary N) is 1. The highest BCUT2D eigenvalue weighted by atomic mass is 32.2. The first kappa shape index (κ1) is 22.3. The Kier molecular flexibility index (Phi) is 9.46. The maximum absolute atomic E-state index is 12.0. The van der Waals surface area contributed by atoms with E-state index < -0.39 is 10.0 Å². The van der Waals surface area contributed by atoms with Gasteiger partial charge in [-0.15, -0.1) is 11.8 Å². The summed E-state index contributed by atoms with van der Waals surface area (Å²) in [4.78, 5) is 23.7. The third kappa shape index (κ3) is 8.07. The fraction of sp³-hybridized carbons (Fsp3) is 0.500. The molecule has 0 bridgehead atoms. The number of carbonyl (C=O) groups excluding carboxylic acids is 2. The first-order valence-electron chi connectivity index (χ1n) is 8.25. The molecule has 0 atom stereocenters. The summed E-state index contributed by atoms with van der Waals surface area (Å²) >= 11 is 1.44. The number of primary amides is 1. The van der Waals surface area contributed by atoms with Crippen LogP contribution in [-0.2, 0) is 14.8 Å². The molecule has 146 valence electrons. The van der Waals surface area contributed by atoms with E-state index in [1.54, 1.807) is 19.1 Å². The molecule has 3 amide bonds. The van der Waals surface area contributed by atoms with Gasteiger partial charge in [-0.1, -0.05) is 12.1 Å². The van der Waals surface area contributed by atoms with E-state index in [2.05, 4.69) is 10.6 Å². The van der Waals surface area contributed by atoms with Crippen molar-refractivity contribution in [2.75, 3.05) is 37.0 Å². The zero-order chi connectivity index (χ0) is 19.6. The Morgan fingerprint density at radius 3 is 2.62 bits per heavy atom. The Hall–Kier alpha value is -1.78. The lowest BCUT2D eigenvalue weighted by Crippen LogP contribution is -2.34. The number of nitrogens with zero attached hydrogens (tertiary/aromatic N) is 1. The summed E-state index contributed by atoms with van der Waals surface area (Å²) in [6.45, 7) is 2.29. The zero-order valence-corrected chi connectivity index (χ0v) is 16.7. The molecule has 10 heteroatoms. The van der Waals surface area contributed by atoms with Gasteiger partial charge in [0.05, 0.1) is 11.4 Å². The van der Waals surface area contributed by atoms with Crippen molar-refractivity contribution < 1.29 is 18.0 Å². The van der Waals surface area contributed by atoms with Gasteiger partial charge in [-0.2, -0.15) is 0 Å². The lowest BCUT2D eigenvalue weighted by Gasteiger charge is -2.16. The van der Waals surface area contributed by atoms with E-state index >= 15 is 0 Å². The van der Waals surface area contributed by atoms with Crippen molar-refractivity contribution in [3.05, 3.63) is 24.3 Å². The highest BCUT2D eigenvalue weighted by molar-refractivity contribution is 7.99. The Balaban J connectivity index is 2.42. The van der Waals surface area contributed by atoms with Gasteiger partial charge < -0.3 is 16.4 Å². The third-order valence-electron chi connectivity index (χ3n) is 3.52. The van der Waals surface area contributed by atoms with E-state index in [-0.39, 0.29) is 24.1 Å². The lowest BCUT2D eigenvalue weighted by atomic mass is 10.3. The average Bonchev–Trinajstić information content (AvgIpc) is 2.59. The minimum Gasteiger partial charge on any atom is -0.370 e. The first-order valence-corrected chi connectivity index (χ1v) is 10.8. The fourth-order valence-corrected chi connectivity index (χ4v) is 3.81. The van der Waals surface area contributed by atoms with Gasteiger partial charge in [-0.25, -0.2) is 17.5 Å². The van der Waals surface area contributed by atoms with E-state index in [0.29, 0.717) is 31.0 Å². The zero-order valence-electron chi connectivity index (χ0n) is 15.0. The molecule has 0 aliphatic carbocycles. The third-order valence-corrected chi connectivity index (χ3v) is 6.45. The number of hydrogen-bond donors (Lipinski definition) is 3. The molecule has 0 aliphatic rings. The summed E-state index contributed by atoms with van der Waals surface area (Å²) < 4.78 is 24.5. The van der Waals surface area contributed by atoms with Crippen molar-refractivity contribution in [2.45, 2.75) is 24.7 Å². The summed E-state index contributed by atoms with van der Waals surface area (Å²) in [5.41, 5.74) is 5.77. The van der Waals surface area contributed by atoms with Crippen molar-refractivity contribution in [2.24, 2.45) is 5.73 Å². The van der Waals surface area contributed by atoms with E-state index in [1.807, 2.05) is 12.1 Å².